The molecule has 1 fully saturated rings. The first kappa shape index (κ1) is 18.3. The van der Waals surface area contributed by atoms with Crippen molar-refractivity contribution in [3.05, 3.63) is 36.5 Å². The molecular formula is C19H24N4O3. The minimum Gasteiger partial charge on any atom is -0.379 e. The third-order valence-corrected chi connectivity index (χ3v) is 4.44. The molecule has 7 nitrogen and oxygen atoms in total. The van der Waals surface area contributed by atoms with E-state index in [1.807, 2.05) is 30.3 Å². The van der Waals surface area contributed by atoms with E-state index in [1.165, 1.54) is 11.8 Å². The molecule has 0 bridgehead atoms. The van der Waals surface area contributed by atoms with Crippen molar-refractivity contribution in [3.8, 4) is 0 Å². The van der Waals surface area contributed by atoms with Crippen molar-refractivity contribution >= 4 is 28.4 Å². The fraction of sp³-hybridized carbons (Fsp3) is 0.421. The molecule has 1 saturated heterocycles. The Morgan fingerprint density at radius 3 is 2.77 bits per heavy atom. The summed E-state index contributed by atoms with van der Waals surface area (Å²) in [6.45, 7) is 6.02. The number of anilines is 1. The van der Waals surface area contributed by atoms with E-state index in [0.29, 0.717) is 17.7 Å². The number of rotatable bonds is 6. The Bertz CT molecular complexity index is 769. The van der Waals surface area contributed by atoms with Gasteiger partial charge in [0.15, 0.2) is 0 Å². The van der Waals surface area contributed by atoms with Gasteiger partial charge in [-0.3, -0.25) is 19.5 Å². The highest BCUT2D eigenvalue weighted by Crippen LogP contribution is 2.24. The topological polar surface area (TPSA) is 74.8 Å². The number of hydrogen-bond acceptors (Lipinski definition) is 5. The molecule has 0 radical (unpaired) electrons. The highest BCUT2D eigenvalue weighted by atomic mass is 16.5. The van der Waals surface area contributed by atoms with Crippen LogP contribution in [0.1, 0.15) is 6.92 Å². The third-order valence-electron chi connectivity index (χ3n) is 4.44. The Hall–Kier alpha value is -2.51. The van der Waals surface area contributed by atoms with Crippen molar-refractivity contribution in [2.75, 3.05) is 50.8 Å². The van der Waals surface area contributed by atoms with Crippen LogP contribution in [0.15, 0.2) is 36.5 Å². The number of fused-ring (bicyclic) bond motifs is 1. The number of ether oxygens (including phenoxy) is 1. The van der Waals surface area contributed by atoms with Crippen LogP contribution in [0.4, 0.5) is 5.69 Å². The van der Waals surface area contributed by atoms with E-state index in [4.69, 9.17) is 4.74 Å². The van der Waals surface area contributed by atoms with E-state index in [1.54, 1.807) is 6.20 Å². The standard InChI is InChI=1S/C19H24N4O3/c1-15(24)23(17-6-2-4-16-5-3-7-21-19(16)17)14-18(25)20-8-9-22-10-12-26-13-11-22/h2-7H,8-14H2,1H3,(H,20,25). The number of aromatic nitrogens is 1. The van der Waals surface area contributed by atoms with E-state index in [2.05, 4.69) is 15.2 Å². The average molecular weight is 356 g/mol. The van der Waals surface area contributed by atoms with Gasteiger partial charge in [-0.1, -0.05) is 18.2 Å². The van der Waals surface area contributed by atoms with E-state index < -0.39 is 0 Å². The second-order valence-corrected chi connectivity index (χ2v) is 6.26. The molecule has 2 aromatic rings. The van der Waals surface area contributed by atoms with E-state index in [0.717, 1.165) is 38.2 Å². The Labute approximate surface area is 152 Å². The van der Waals surface area contributed by atoms with E-state index >= 15 is 0 Å². The zero-order chi connectivity index (χ0) is 18.4. The quantitative estimate of drug-likeness (QED) is 0.837. The highest BCUT2D eigenvalue weighted by molar-refractivity contribution is 6.04. The molecule has 3 rings (SSSR count). The maximum Gasteiger partial charge on any atom is 0.240 e. The lowest BCUT2D eigenvalue weighted by atomic mass is 10.1. The Kier molecular flexibility index (Phi) is 6.14. The van der Waals surface area contributed by atoms with Gasteiger partial charge in [0.1, 0.15) is 6.54 Å². The lowest BCUT2D eigenvalue weighted by Gasteiger charge is -2.27. The van der Waals surface area contributed by atoms with Gasteiger partial charge in [0.25, 0.3) is 0 Å². The summed E-state index contributed by atoms with van der Waals surface area (Å²) in [6, 6.07) is 9.41. The van der Waals surface area contributed by atoms with Crippen molar-refractivity contribution < 1.29 is 14.3 Å². The van der Waals surface area contributed by atoms with Crippen LogP contribution < -0.4 is 10.2 Å². The molecule has 1 N–H and O–H groups in total. The summed E-state index contributed by atoms with van der Waals surface area (Å²) in [5, 5.41) is 3.83. The molecule has 0 saturated carbocycles. The summed E-state index contributed by atoms with van der Waals surface area (Å²) < 4.78 is 5.31. The predicted octanol–water partition coefficient (Wildman–Crippen LogP) is 1.04. The SMILES string of the molecule is CC(=O)N(CC(=O)NCCN1CCOCC1)c1cccc2cccnc12. The van der Waals surface area contributed by atoms with Crippen LogP contribution in [-0.4, -0.2) is 67.6 Å². The summed E-state index contributed by atoms with van der Waals surface area (Å²) in [5.74, 6) is -0.368. The largest absolute Gasteiger partial charge is 0.379 e. The molecule has 138 valence electrons. The van der Waals surface area contributed by atoms with Crippen molar-refractivity contribution in [1.82, 2.24) is 15.2 Å². The highest BCUT2D eigenvalue weighted by Gasteiger charge is 2.18. The molecule has 1 aromatic carbocycles. The Morgan fingerprint density at radius 2 is 2.00 bits per heavy atom. The molecule has 2 heterocycles. The normalized spacial score (nSPS) is 15.0. The molecule has 0 atom stereocenters. The predicted molar refractivity (Wildman–Crippen MR) is 100 cm³/mol. The van der Waals surface area contributed by atoms with Crippen LogP contribution in [0.2, 0.25) is 0 Å². The van der Waals surface area contributed by atoms with E-state index in [-0.39, 0.29) is 18.4 Å². The van der Waals surface area contributed by atoms with Crippen molar-refractivity contribution in [2.24, 2.45) is 0 Å². The van der Waals surface area contributed by atoms with Crippen molar-refractivity contribution in [3.63, 3.8) is 0 Å². The van der Waals surface area contributed by atoms with E-state index in [9.17, 15) is 9.59 Å². The first-order valence-electron chi connectivity index (χ1n) is 8.84. The van der Waals surface area contributed by atoms with Gasteiger partial charge in [-0.25, -0.2) is 0 Å². The number of pyridine rings is 1. The Morgan fingerprint density at radius 1 is 1.23 bits per heavy atom. The lowest BCUT2D eigenvalue weighted by molar-refractivity contribution is -0.123. The van der Waals surface area contributed by atoms with Gasteiger partial charge in [-0.2, -0.15) is 0 Å². The molecule has 2 amide bonds. The molecule has 0 unspecified atom stereocenters. The van der Waals surface area contributed by atoms with Gasteiger partial charge in [-0.15, -0.1) is 0 Å². The molecule has 7 heteroatoms. The second kappa shape index (κ2) is 8.73. The van der Waals surface area contributed by atoms with Gasteiger partial charge in [0.05, 0.1) is 24.4 Å². The number of carbonyl (C=O) groups excluding carboxylic acids is 2. The maximum absolute atomic E-state index is 12.3. The number of carbonyl (C=O) groups is 2. The number of benzene rings is 1. The fourth-order valence-corrected chi connectivity index (χ4v) is 3.05. The lowest BCUT2D eigenvalue weighted by Crippen LogP contribution is -2.44. The first-order valence-corrected chi connectivity index (χ1v) is 8.84. The zero-order valence-electron chi connectivity index (χ0n) is 15.0. The summed E-state index contributed by atoms with van der Waals surface area (Å²) in [7, 11) is 0. The van der Waals surface area contributed by atoms with Gasteiger partial charge in [0, 0.05) is 44.7 Å². The van der Waals surface area contributed by atoms with Gasteiger partial charge in [-0.05, 0) is 12.1 Å². The molecule has 1 aliphatic heterocycles. The second-order valence-electron chi connectivity index (χ2n) is 6.26. The van der Waals surface area contributed by atoms with Crippen molar-refractivity contribution in [1.29, 1.82) is 0 Å². The fourth-order valence-electron chi connectivity index (χ4n) is 3.05. The van der Waals surface area contributed by atoms with Crippen LogP contribution in [0.3, 0.4) is 0 Å². The minimum atomic E-state index is -0.188. The van der Waals surface area contributed by atoms with Crippen LogP contribution in [0.5, 0.6) is 0 Å². The number of para-hydroxylation sites is 1. The molecule has 1 aromatic heterocycles. The minimum absolute atomic E-state index is 0.0197. The van der Waals surface area contributed by atoms with Gasteiger partial charge >= 0.3 is 0 Å². The van der Waals surface area contributed by atoms with Crippen molar-refractivity contribution in [2.45, 2.75) is 6.92 Å². The summed E-state index contributed by atoms with van der Waals surface area (Å²) >= 11 is 0. The van der Waals surface area contributed by atoms with Crippen LogP contribution in [0, 0.1) is 0 Å². The van der Waals surface area contributed by atoms with Crippen LogP contribution >= 0.6 is 0 Å². The number of morpholine rings is 1. The molecule has 0 spiro atoms. The molecular weight excluding hydrogens is 332 g/mol. The van der Waals surface area contributed by atoms with Crippen LogP contribution in [-0.2, 0) is 14.3 Å². The zero-order valence-corrected chi connectivity index (χ0v) is 15.0. The smallest absolute Gasteiger partial charge is 0.240 e. The van der Waals surface area contributed by atoms with Gasteiger partial charge in [0.2, 0.25) is 11.8 Å². The number of amides is 2. The summed E-state index contributed by atoms with van der Waals surface area (Å²) in [5.41, 5.74) is 1.37. The molecule has 1 aliphatic rings. The van der Waals surface area contributed by atoms with Gasteiger partial charge < -0.3 is 15.0 Å². The average Bonchev–Trinajstić information content (AvgIpc) is 2.66. The summed E-state index contributed by atoms with van der Waals surface area (Å²) in [4.78, 5) is 32.6. The number of nitrogens with zero attached hydrogens (tertiary/aromatic N) is 3. The maximum atomic E-state index is 12.3. The first-order chi connectivity index (χ1) is 12.6. The monoisotopic (exact) mass is 356 g/mol. The Balaban J connectivity index is 1.62. The third kappa shape index (κ3) is 4.56. The molecule has 0 aliphatic carbocycles. The number of nitrogens with one attached hydrogen (secondary N) is 1. The summed E-state index contributed by atoms with van der Waals surface area (Å²) in [6.07, 6.45) is 1.69. The number of hydrogen-bond donors (Lipinski definition) is 1. The molecule has 26 heavy (non-hydrogen) atoms. The van der Waals surface area contributed by atoms with Crippen LogP contribution in [0.25, 0.3) is 10.9 Å².